The van der Waals surface area contributed by atoms with Gasteiger partial charge in [-0.25, -0.2) is 4.98 Å². The first-order valence-corrected chi connectivity index (χ1v) is 17.1. The van der Waals surface area contributed by atoms with Crippen molar-refractivity contribution in [3.63, 3.8) is 0 Å². The maximum atomic E-state index is 14.4. The van der Waals surface area contributed by atoms with E-state index in [4.69, 9.17) is 14.3 Å². The predicted molar refractivity (Wildman–Crippen MR) is 192 cm³/mol. The lowest BCUT2D eigenvalue weighted by atomic mass is 9.75. The summed E-state index contributed by atoms with van der Waals surface area (Å²) in [7, 11) is 0. The molecule has 0 spiro atoms. The van der Waals surface area contributed by atoms with Gasteiger partial charge in [-0.15, -0.1) is 0 Å². The van der Waals surface area contributed by atoms with Crippen LogP contribution in [0.2, 0.25) is 0 Å². The molecule has 1 fully saturated rings. The van der Waals surface area contributed by atoms with E-state index in [1.54, 1.807) is 12.3 Å². The van der Waals surface area contributed by atoms with Crippen LogP contribution in [0.5, 0.6) is 11.6 Å². The van der Waals surface area contributed by atoms with Gasteiger partial charge in [-0.05, 0) is 60.7 Å². The van der Waals surface area contributed by atoms with Gasteiger partial charge in [0, 0.05) is 17.8 Å². The van der Waals surface area contributed by atoms with E-state index in [1.165, 1.54) is 4.90 Å². The SMILES string of the molecule is CCOc1ccc(/C(C)=N\OCCOc2ccc(CC3SC(=O)N(C(c4ccccc4)(c4ccccc4)c4ccccc4)C3=O)cc2)cn1. The van der Waals surface area contributed by atoms with Crippen molar-refractivity contribution in [2.24, 2.45) is 5.16 Å². The first-order valence-electron chi connectivity index (χ1n) is 16.2. The van der Waals surface area contributed by atoms with Gasteiger partial charge < -0.3 is 14.3 Å². The summed E-state index contributed by atoms with van der Waals surface area (Å²) in [4.78, 5) is 39.5. The van der Waals surface area contributed by atoms with Crippen LogP contribution in [-0.2, 0) is 21.6 Å². The zero-order chi connectivity index (χ0) is 34.1. The molecule has 0 aliphatic carbocycles. The Morgan fingerprint density at radius 1 is 0.776 bits per heavy atom. The summed E-state index contributed by atoms with van der Waals surface area (Å²) in [5.41, 5.74) is 3.87. The zero-order valence-electron chi connectivity index (χ0n) is 27.4. The van der Waals surface area contributed by atoms with Gasteiger partial charge in [0.1, 0.15) is 17.9 Å². The fourth-order valence-corrected chi connectivity index (χ4v) is 7.03. The van der Waals surface area contributed by atoms with Crippen molar-refractivity contribution in [3.05, 3.63) is 161 Å². The largest absolute Gasteiger partial charge is 0.490 e. The number of oxime groups is 1. The van der Waals surface area contributed by atoms with Crippen molar-refractivity contribution in [2.75, 3.05) is 19.8 Å². The Labute approximate surface area is 290 Å². The summed E-state index contributed by atoms with van der Waals surface area (Å²) in [5, 5.41) is 3.31. The molecule has 2 amide bonds. The summed E-state index contributed by atoms with van der Waals surface area (Å²) in [6, 6.07) is 40.6. The van der Waals surface area contributed by atoms with E-state index in [0.717, 1.165) is 39.6 Å². The van der Waals surface area contributed by atoms with Crippen molar-refractivity contribution in [1.82, 2.24) is 9.88 Å². The Morgan fingerprint density at radius 3 is 1.90 bits per heavy atom. The fraction of sp³-hybridized carbons (Fsp3) is 0.200. The number of nitrogens with zero attached hydrogens (tertiary/aromatic N) is 3. The van der Waals surface area contributed by atoms with Gasteiger partial charge in [0.05, 0.1) is 17.6 Å². The van der Waals surface area contributed by atoms with E-state index in [9.17, 15) is 9.59 Å². The Hall–Kier alpha value is -5.41. The van der Waals surface area contributed by atoms with Crippen LogP contribution in [-0.4, -0.2) is 51.8 Å². The summed E-state index contributed by atoms with van der Waals surface area (Å²) in [6.07, 6.45) is 2.10. The van der Waals surface area contributed by atoms with E-state index in [-0.39, 0.29) is 17.8 Å². The quantitative estimate of drug-likeness (QED) is 0.0513. The lowest BCUT2D eigenvalue weighted by Crippen LogP contribution is -2.51. The van der Waals surface area contributed by atoms with E-state index in [0.29, 0.717) is 37.0 Å². The molecule has 0 bridgehead atoms. The monoisotopic (exact) mass is 671 g/mol. The number of thioether (sulfide) groups is 1. The zero-order valence-corrected chi connectivity index (χ0v) is 28.2. The number of rotatable bonds is 14. The van der Waals surface area contributed by atoms with Crippen molar-refractivity contribution in [3.8, 4) is 11.6 Å². The van der Waals surface area contributed by atoms with Crippen molar-refractivity contribution in [2.45, 2.75) is 31.1 Å². The van der Waals surface area contributed by atoms with Gasteiger partial charge in [0.2, 0.25) is 11.8 Å². The van der Waals surface area contributed by atoms with Gasteiger partial charge >= 0.3 is 0 Å². The van der Waals surface area contributed by atoms with Crippen LogP contribution in [0.3, 0.4) is 0 Å². The van der Waals surface area contributed by atoms with Crippen LogP contribution in [0.4, 0.5) is 4.79 Å². The molecule has 0 saturated carbocycles. The molecular weight excluding hydrogens is 635 g/mol. The molecule has 0 N–H and O–H groups in total. The highest BCUT2D eigenvalue weighted by atomic mass is 32.2. The highest BCUT2D eigenvalue weighted by Gasteiger charge is 2.53. The van der Waals surface area contributed by atoms with Crippen molar-refractivity contribution in [1.29, 1.82) is 0 Å². The number of carbonyl (C=O) groups excluding carboxylic acids is 2. The van der Waals surface area contributed by atoms with Crippen LogP contribution in [0.25, 0.3) is 0 Å². The Bertz CT molecular complexity index is 1770. The number of benzene rings is 4. The summed E-state index contributed by atoms with van der Waals surface area (Å²) in [5.74, 6) is 1.02. The lowest BCUT2D eigenvalue weighted by molar-refractivity contribution is -0.129. The molecule has 1 aromatic heterocycles. The molecule has 6 rings (SSSR count). The average molecular weight is 672 g/mol. The lowest BCUT2D eigenvalue weighted by Gasteiger charge is -2.42. The van der Waals surface area contributed by atoms with Gasteiger partial charge in [-0.2, -0.15) is 0 Å². The third kappa shape index (κ3) is 7.37. The van der Waals surface area contributed by atoms with Crippen LogP contribution in [0.15, 0.2) is 139 Å². The predicted octanol–water partition coefficient (Wildman–Crippen LogP) is 7.90. The molecule has 0 radical (unpaired) electrons. The number of amides is 2. The normalized spacial score (nSPS) is 14.9. The molecule has 2 heterocycles. The van der Waals surface area contributed by atoms with E-state index in [1.807, 2.05) is 135 Å². The maximum Gasteiger partial charge on any atom is 0.290 e. The molecule has 1 aliphatic rings. The number of pyridine rings is 1. The van der Waals surface area contributed by atoms with Crippen molar-refractivity contribution >= 4 is 28.6 Å². The molecular formula is C40H37N3O5S. The van der Waals surface area contributed by atoms with Crippen LogP contribution >= 0.6 is 11.8 Å². The highest BCUT2D eigenvalue weighted by molar-refractivity contribution is 8.15. The van der Waals surface area contributed by atoms with Crippen LogP contribution in [0.1, 0.15) is 41.7 Å². The molecule has 1 unspecified atom stereocenters. The molecule has 49 heavy (non-hydrogen) atoms. The molecule has 5 aromatic rings. The Morgan fingerprint density at radius 2 is 1.37 bits per heavy atom. The fourth-order valence-electron chi connectivity index (χ4n) is 5.97. The van der Waals surface area contributed by atoms with E-state index >= 15 is 0 Å². The second-order valence-corrected chi connectivity index (χ2v) is 12.5. The Balaban J connectivity index is 1.12. The molecule has 1 atom stereocenters. The summed E-state index contributed by atoms with van der Waals surface area (Å²) < 4.78 is 11.2. The number of ether oxygens (including phenoxy) is 2. The van der Waals surface area contributed by atoms with Gasteiger partial charge in [-0.3, -0.25) is 14.5 Å². The molecule has 1 aliphatic heterocycles. The van der Waals surface area contributed by atoms with Crippen molar-refractivity contribution < 1.29 is 23.9 Å². The molecule has 9 heteroatoms. The van der Waals surface area contributed by atoms with Crippen LogP contribution in [0, 0.1) is 0 Å². The molecule has 1 saturated heterocycles. The number of imide groups is 1. The minimum atomic E-state index is -1.13. The number of hydrogen-bond acceptors (Lipinski definition) is 8. The second kappa shape index (κ2) is 15.7. The van der Waals surface area contributed by atoms with E-state index < -0.39 is 10.8 Å². The van der Waals surface area contributed by atoms with Crippen LogP contribution < -0.4 is 9.47 Å². The average Bonchev–Trinajstić information content (AvgIpc) is 3.42. The van der Waals surface area contributed by atoms with Gasteiger partial charge in [0.15, 0.2) is 6.61 Å². The third-order valence-electron chi connectivity index (χ3n) is 8.27. The third-order valence-corrected chi connectivity index (χ3v) is 9.30. The van der Waals surface area contributed by atoms with Gasteiger partial charge in [-0.1, -0.05) is 120 Å². The maximum absolute atomic E-state index is 14.4. The second-order valence-electron chi connectivity index (χ2n) is 11.4. The topological polar surface area (TPSA) is 90.3 Å². The smallest absolute Gasteiger partial charge is 0.290 e. The highest BCUT2D eigenvalue weighted by Crippen LogP contribution is 2.47. The first-order chi connectivity index (χ1) is 24.0. The van der Waals surface area contributed by atoms with E-state index in [2.05, 4.69) is 10.1 Å². The molecule has 248 valence electrons. The minimum Gasteiger partial charge on any atom is -0.490 e. The summed E-state index contributed by atoms with van der Waals surface area (Å²) >= 11 is 1.08. The number of hydrogen-bond donors (Lipinski definition) is 0. The van der Waals surface area contributed by atoms with Gasteiger partial charge in [0.25, 0.3) is 5.24 Å². The minimum absolute atomic E-state index is 0.221. The summed E-state index contributed by atoms with van der Waals surface area (Å²) in [6.45, 7) is 4.89. The number of carbonyl (C=O) groups is 2. The standard InChI is InChI=1S/C40H37N3O5S/c1-3-46-37-24-21-31(28-41-37)29(2)42-48-26-25-47-35-22-19-30(20-23-35)27-36-38(44)43(39(45)49-36)40(32-13-7-4-8-14-32,33-15-9-5-10-16-33)34-17-11-6-12-18-34/h4-24,28,36H,3,25-27H2,1-2H3/b42-29-. The molecule has 8 nitrogen and oxygen atoms in total. The molecule has 4 aromatic carbocycles. The first kappa shape index (κ1) is 33.5. The number of aromatic nitrogens is 1. The Kier molecular flexibility index (Phi) is 10.7.